The van der Waals surface area contributed by atoms with Crippen LogP contribution in [-0.4, -0.2) is 28.6 Å². The highest BCUT2D eigenvalue weighted by atomic mass is 79.9. The molecule has 1 fully saturated rings. The number of thioether (sulfide) groups is 1. The van der Waals surface area contributed by atoms with E-state index in [1.807, 2.05) is 17.8 Å². The second kappa shape index (κ2) is 6.59. The average molecular weight is 330 g/mol. The molecule has 1 saturated heterocycles. The number of benzene rings is 1. The highest BCUT2D eigenvalue weighted by molar-refractivity contribution is 9.10. The molecular weight excluding hydrogens is 314 g/mol. The van der Waals surface area contributed by atoms with E-state index in [0.29, 0.717) is 5.56 Å². The predicted molar refractivity (Wildman–Crippen MR) is 78.3 cm³/mol. The quantitative estimate of drug-likeness (QED) is 0.871. The molecule has 0 aliphatic carbocycles. The number of carboxylic acids is 1. The average Bonchev–Trinajstić information content (AvgIpc) is 2.84. The van der Waals surface area contributed by atoms with Crippen LogP contribution in [0.3, 0.4) is 0 Å². The molecule has 3 nitrogen and oxygen atoms in total. The molecule has 2 N–H and O–H groups in total. The number of aromatic carboxylic acids is 1. The lowest BCUT2D eigenvalue weighted by Crippen LogP contribution is -2.22. The van der Waals surface area contributed by atoms with Crippen molar-refractivity contribution >= 4 is 33.7 Å². The van der Waals surface area contributed by atoms with Crippen LogP contribution in [-0.2, 0) is 6.54 Å². The molecule has 1 aliphatic rings. The van der Waals surface area contributed by atoms with E-state index in [1.54, 1.807) is 12.1 Å². The first-order chi connectivity index (χ1) is 8.66. The third kappa shape index (κ3) is 3.73. The number of carboxylic acid groups (broad SMARTS) is 1. The zero-order chi connectivity index (χ0) is 13.0. The summed E-state index contributed by atoms with van der Waals surface area (Å²) in [6.45, 7) is 1.80. The van der Waals surface area contributed by atoms with Gasteiger partial charge in [0.25, 0.3) is 0 Å². The second-order valence-electron chi connectivity index (χ2n) is 4.38. The summed E-state index contributed by atoms with van der Waals surface area (Å²) < 4.78 is 0.856. The monoisotopic (exact) mass is 329 g/mol. The largest absolute Gasteiger partial charge is 0.478 e. The van der Waals surface area contributed by atoms with Gasteiger partial charge in [0.05, 0.1) is 5.56 Å². The van der Waals surface area contributed by atoms with Crippen LogP contribution in [0.2, 0.25) is 0 Å². The van der Waals surface area contributed by atoms with Gasteiger partial charge < -0.3 is 10.4 Å². The van der Waals surface area contributed by atoms with Gasteiger partial charge in [0.2, 0.25) is 0 Å². The molecule has 0 spiro atoms. The van der Waals surface area contributed by atoms with Gasteiger partial charge in [-0.05, 0) is 36.3 Å². The highest BCUT2D eigenvalue weighted by Crippen LogP contribution is 2.25. The van der Waals surface area contributed by atoms with Crippen LogP contribution in [0, 0.1) is 0 Å². The Bertz CT molecular complexity index is 433. The zero-order valence-electron chi connectivity index (χ0n) is 9.99. The van der Waals surface area contributed by atoms with Gasteiger partial charge >= 0.3 is 5.97 Å². The summed E-state index contributed by atoms with van der Waals surface area (Å²) in [7, 11) is 0. The summed E-state index contributed by atoms with van der Waals surface area (Å²) in [5.41, 5.74) is 1.42. The van der Waals surface area contributed by atoms with Crippen LogP contribution in [0.4, 0.5) is 0 Å². The Labute approximate surface area is 119 Å². The number of hydrogen-bond donors (Lipinski definition) is 2. The van der Waals surface area contributed by atoms with Crippen molar-refractivity contribution < 1.29 is 9.90 Å². The SMILES string of the molecule is O=C(O)c1ccc(CNCC2CCCS2)c(Br)c1. The van der Waals surface area contributed by atoms with E-state index in [0.717, 1.165) is 28.4 Å². The summed E-state index contributed by atoms with van der Waals surface area (Å²) in [5, 5.41) is 13.1. The lowest BCUT2D eigenvalue weighted by molar-refractivity contribution is 0.0697. The Hall–Kier alpha value is -0.520. The van der Waals surface area contributed by atoms with Crippen molar-refractivity contribution in [2.75, 3.05) is 12.3 Å². The Morgan fingerprint density at radius 1 is 1.56 bits per heavy atom. The van der Waals surface area contributed by atoms with E-state index >= 15 is 0 Å². The summed E-state index contributed by atoms with van der Waals surface area (Å²) in [5.74, 6) is 0.390. The molecule has 0 bridgehead atoms. The first kappa shape index (κ1) is 13.9. The van der Waals surface area contributed by atoms with Crippen molar-refractivity contribution in [3.05, 3.63) is 33.8 Å². The molecule has 1 aliphatic heterocycles. The third-order valence-electron chi connectivity index (χ3n) is 3.01. The van der Waals surface area contributed by atoms with Crippen LogP contribution < -0.4 is 5.32 Å². The third-order valence-corrected chi connectivity index (χ3v) is 5.15. The minimum absolute atomic E-state index is 0.317. The molecule has 1 atom stereocenters. The molecule has 18 heavy (non-hydrogen) atoms. The first-order valence-corrected chi connectivity index (χ1v) is 7.85. The van der Waals surface area contributed by atoms with Crippen molar-refractivity contribution in [1.29, 1.82) is 0 Å². The maximum absolute atomic E-state index is 10.8. The van der Waals surface area contributed by atoms with Gasteiger partial charge in [-0.15, -0.1) is 0 Å². The molecule has 0 radical (unpaired) electrons. The number of nitrogens with one attached hydrogen (secondary N) is 1. The van der Waals surface area contributed by atoms with Gasteiger partial charge in [-0.1, -0.05) is 22.0 Å². The predicted octanol–water partition coefficient (Wildman–Crippen LogP) is 3.13. The van der Waals surface area contributed by atoms with Crippen molar-refractivity contribution in [3.63, 3.8) is 0 Å². The molecule has 0 saturated carbocycles. The van der Waals surface area contributed by atoms with Gasteiger partial charge in [0.15, 0.2) is 0 Å². The fraction of sp³-hybridized carbons (Fsp3) is 0.462. The summed E-state index contributed by atoms with van der Waals surface area (Å²) in [4.78, 5) is 10.8. The number of carbonyl (C=O) groups is 1. The zero-order valence-corrected chi connectivity index (χ0v) is 12.4. The standard InChI is InChI=1S/C13H16BrNO2S/c14-12-6-9(13(16)17)3-4-10(12)7-15-8-11-2-1-5-18-11/h3-4,6,11,15H,1-2,5,7-8H2,(H,16,17). The van der Waals surface area contributed by atoms with E-state index in [2.05, 4.69) is 21.2 Å². The van der Waals surface area contributed by atoms with E-state index in [4.69, 9.17) is 5.11 Å². The van der Waals surface area contributed by atoms with Gasteiger partial charge in [0.1, 0.15) is 0 Å². The minimum Gasteiger partial charge on any atom is -0.478 e. The molecule has 1 aromatic rings. The molecule has 1 aromatic carbocycles. The lowest BCUT2D eigenvalue weighted by Gasteiger charge is -2.11. The van der Waals surface area contributed by atoms with Gasteiger partial charge in [-0.2, -0.15) is 11.8 Å². The van der Waals surface area contributed by atoms with Crippen LogP contribution in [0.5, 0.6) is 0 Å². The second-order valence-corrected chi connectivity index (χ2v) is 6.64. The Kier molecular flexibility index (Phi) is 5.09. The van der Waals surface area contributed by atoms with Gasteiger partial charge in [-0.3, -0.25) is 0 Å². The molecular formula is C13H16BrNO2S. The fourth-order valence-corrected chi connectivity index (χ4v) is 3.75. The van der Waals surface area contributed by atoms with Gasteiger partial charge in [-0.25, -0.2) is 4.79 Å². The molecule has 98 valence electrons. The Morgan fingerprint density at radius 3 is 3.00 bits per heavy atom. The smallest absolute Gasteiger partial charge is 0.335 e. The number of halogens is 1. The molecule has 1 heterocycles. The van der Waals surface area contributed by atoms with Crippen LogP contribution in [0.1, 0.15) is 28.8 Å². The van der Waals surface area contributed by atoms with Crippen molar-refractivity contribution in [2.45, 2.75) is 24.6 Å². The Morgan fingerprint density at radius 2 is 2.39 bits per heavy atom. The van der Waals surface area contributed by atoms with E-state index in [-0.39, 0.29) is 0 Å². The minimum atomic E-state index is -0.891. The lowest BCUT2D eigenvalue weighted by atomic mass is 10.1. The van der Waals surface area contributed by atoms with Crippen LogP contribution in [0.25, 0.3) is 0 Å². The molecule has 1 unspecified atom stereocenters. The molecule has 0 aromatic heterocycles. The fourth-order valence-electron chi connectivity index (χ4n) is 2.00. The Balaban J connectivity index is 1.87. The highest BCUT2D eigenvalue weighted by Gasteiger charge is 2.14. The van der Waals surface area contributed by atoms with E-state index < -0.39 is 5.97 Å². The van der Waals surface area contributed by atoms with Crippen LogP contribution >= 0.6 is 27.7 Å². The van der Waals surface area contributed by atoms with Crippen molar-refractivity contribution in [3.8, 4) is 0 Å². The van der Waals surface area contributed by atoms with E-state index in [9.17, 15) is 4.79 Å². The number of hydrogen-bond acceptors (Lipinski definition) is 3. The normalized spacial score (nSPS) is 19.1. The maximum atomic E-state index is 10.8. The summed E-state index contributed by atoms with van der Waals surface area (Å²) in [6, 6.07) is 5.17. The van der Waals surface area contributed by atoms with Gasteiger partial charge in [0, 0.05) is 22.8 Å². The molecule has 2 rings (SSSR count). The van der Waals surface area contributed by atoms with E-state index in [1.165, 1.54) is 18.6 Å². The first-order valence-electron chi connectivity index (χ1n) is 6.01. The van der Waals surface area contributed by atoms with Crippen LogP contribution in [0.15, 0.2) is 22.7 Å². The summed E-state index contributed by atoms with van der Waals surface area (Å²) >= 11 is 5.46. The topological polar surface area (TPSA) is 49.3 Å². The maximum Gasteiger partial charge on any atom is 0.335 e. The summed E-state index contributed by atoms with van der Waals surface area (Å²) in [6.07, 6.45) is 2.63. The molecule has 0 amide bonds. The van der Waals surface area contributed by atoms with Crippen molar-refractivity contribution in [1.82, 2.24) is 5.32 Å². The molecule has 5 heteroatoms. The van der Waals surface area contributed by atoms with Crippen molar-refractivity contribution in [2.24, 2.45) is 0 Å². The number of rotatable bonds is 5.